The highest BCUT2D eigenvalue weighted by molar-refractivity contribution is 5.75. The van der Waals surface area contributed by atoms with Gasteiger partial charge < -0.3 is 18.9 Å². The van der Waals surface area contributed by atoms with Gasteiger partial charge in [0.2, 0.25) is 0 Å². The fraction of sp³-hybridized carbons (Fsp3) is 0.893. The average Bonchev–Trinajstić information content (AvgIpc) is 3.43. The third-order valence-corrected chi connectivity index (χ3v) is 7.87. The van der Waals surface area contributed by atoms with Crippen molar-refractivity contribution in [2.45, 2.75) is 117 Å². The van der Waals surface area contributed by atoms with Gasteiger partial charge in [0.25, 0.3) is 0 Å². The van der Waals surface area contributed by atoms with E-state index in [9.17, 15) is 4.79 Å². The maximum absolute atomic E-state index is 13.3. The summed E-state index contributed by atoms with van der Waals surface area (Å²) in [5.41, 5.74) is -0.884. The molecule has 0 radical (unpaired) electrons. The molecule has 33 heavy (non-hydrogen) atoms. The van der Waals surface area contributed by atoms with E-state index in [2.05, 4.69) is 47.6 Å². The van der Waals surface area contributed by atoms with Gasteiger partial charge in [-0.2, -0.15) is 0 Å². The normalized spacial score (nSPS) is 25.0. The summed E-state index contributed by atoms with van der Waals surface area (Å²) in [6.07, 6.45) is 12.8. The third-order valence-electron chi connectivity index (χ3n) is 7.87. The molecule has 0 saturated carbocycles. The zero-order valence-corrected chi connectivity index (χ0v) is 22.1. The second-order valence-corrected chi connectivity index (χ2v) is 10.1. The highest BCUT2D eigenvalue weighted by atomic mass is 16.7. The highest BCUT2D eigenvalue weighted by Crippen LogP contribution is 2.47. The Morgan fingerprint density at radius 2 is 1.48 bits per heavy atom. The molecule has 0 aromatic heterocycles. The van der Waals surface area contributed by atoms with Gasteiger partial charge in [0.1, 0.15) is 0 Å². The smallest absolute Gasteiger partial charge is 0.312 e. The zero-order chi connectivity index (χ0) is 24.3. The zero-order valence-electron chi connectivity index (χ0n) is 22.1. The maximum atomic E-state index is 13.3. The van der Waals surface area contributed by atoms with Crippen LogP contribution in [0.4, 0.5) is 0 Å². The minimum Gasteiger partial charge on any atom is -0.465 e. The molecule has 1 saturated heterocycles. The van der Waals surface area contributed by atoms with Crippen LogP contribution in [0.2, 0.25) is 0 Å². The minimum atomic E-state index is -0.884. The Hall–Kier alpha value is -0.910. The summed E-state index contributed by atoms with van der Waals surface area (Å²) in [6, 6.07) is 0. The molecule has 0 aliphatic carbocycles. The lowest BCUT2D eigenvalue weighted by molar-refractivity contribution is -0.244. The molecule has 2 aliphatic heterocycles. The van der Waals surface area contributed by atoms with Crippen LogP contribution in [-0.4, -0.2) is 43.8 Å². The van der Waals surface area contributed by atoms with Crippen LogP contribution < -0.4 is 0 Å². The van der Waals surface area contributed by atoms with Crippen molar-refractivity contribution >= 4 is 5.97 Å². The summed E-state index contributed by atoms with van der Waals surface area (Å²) in [4.78, 5) is 13.3. The van der Waals surface area contributed by atoms with E-state index in [0.717, 1.165) is 38.5 Å². The van der Waals surface area contributed by atoms with E-state index in [0.29, 0.717) is 44.0 Å². The molecule has 4 atom stereocenters. The molecule has 0 spiro atoms. The van der Waals surface area contributed by atoms with Crippen LogP contribution in [0.25, 0.3) is 0 Å². The molecular weight excluding hydrogens is 416 g/mol. The number of rotatable bonds is 18. The van der Waals surface area contributed by atoms with Gasteiger partial charge in [-0.1, -0.05) is 92.6 Å². The van der Waals surface area contributed by atoms with Crippen LogP contribution in [0, 0.1) is 23.7 Å². The first-order valence-electron chi connectivity index (χ1n) is 13.7. The molecular formula is C28H50O5. The van der Waals surface area contributed by atoms with Crippen LogP contribution in [0.1, 0.15) is 99.3 Å². The summed E-state index contributed by atoms with van der Waals surface area (Å²) >= 11 is 0. The number of hydrogen-bond acceptors (Lipinski definition) is 5. The number of carbonyl (C=O) groups excluding carboxylic acids is 1. The lowest BCUT2D eigenvalue weighted by Crippen LogP contribution is -2.51. The van der Waals surface area contributed by atoms with Gasteiger partial charge in [-0.15, -0.1) is 0 Å². The molecule has 2 bridgehead atoms. The molecule has 0 amide bonds. The van der Waals surface area contributed by atoms with Crippen molar-refractivity contribution in [3.63, 3.8) is 0 Å². The predicted octanol–water partition coefficient (Wildman–Crippen LogP) is 6.69. The molecule has 4 unspecified atom stereocenters. The molecule has 5 heteroatoms. The minimum absolute atomic E-state index is 0.0689. The molecule has 1 fully saturated rings. The van der Waals surface area contributed by atoms with E-state index in [1.54, 1.807) is 0 Å². The first-order valence-corrected chi connectivity index (χ1v) is 13.7. The molecule has 5 nitrogen and oxygen atoms in total. The number of hydrogen-bond donors (Lipinski definition) is 0. The van der Waals surface area contributed by atoms with Gasteiger partial charge >= 0.3 is 5.97 Å². The van der Waals surface area contributed by atoms with Crippen LogP contribution in [0.15, 0.2) is 12.2 Å². The van der Waals surface area contributed by atoms with Crippen molar-refractivity contribution < 1.29 is 23.7 Å². The topological polar surface area (TPSA) is 54.0 Å². The van der Waals surface area contributed by atoms with Gasteiger partial charge in [0.15, 0.2) is 11.9 Å². The Morgan fingerprint density at radius 1 is 0.909 bits per heavy atom. The van der Waals surface area contributed by atoms with E-state index < -0.39 is 11.9 Å². The Kier molecular flexibility index (Phi) is 12.4. The Bertz CT molecular complexity index is 567. The molecule has 2 heterocycles. The Balaban J connectivity index is 2.13. The van der Waals surface area contributed by atoms with Crippen molar-refractivity contribution in [2.75, 3.05) is 19.8 Å². The second kappa shape index (κ2) is 14.5. The summed E-state index contributed by atoms with van der Waals surface area (Å²) in [6.45, 7) is 14.8. The molecule has 2 rings (SSSR count). The van der Waals surface area contributed by atoms with Crippen molar-refractivity contribution in [1.29, 1.82) is 0 Å². The first-order chi connectivity index (χ1) is 16.0. The van der Waals surface area contributed by atoms with Crippen molar-refractivity contribution in [2.24, 2.45) is 23.7 Å². The second-order valence-electron chi connectivity index (χ2n) is 10.1. The third kappa shape index (κ3) is 7.53. The lowest BCUT2D eigenvalue weighted by Gasteiger charge is -2.37. The van der Waals surface area contributed by atoms with Crippen molar-refractivity contribution in [3.05, 3.63) is 12.2 Å². The fourth-order valence-electron chi connectivity index (χ4n) is 4.92. The molecule has 0 aromatic carbocycles. The molecule has 0 N–H and O–H groups in total. The van der Waals surface area contributed by atoms with E-state index >= 15 is 0 Å². The van der Waals surface area contributed by atoms with Crippen LogP contribution in [0.3, 0.4) is 0 Å². The summed E-state index contributed by atoms with van der Waals surface area (Å²) in [5.74, 6) is 0.812. The van der Waals surface area contributed by atoms with E-state index in [1.807, 2.05) is 6.08 Å². The summed E-state index contributed by atoms with van der Waals surface area (Å²) in [5, 5.41) is 0. The SMILES string of the molecule is CCCCC(CC)COC(=O)C1CC2C=CC1(C(OCC(CC)CC)OCC(CC)CC)O2. The monoisotopic (exact) mass is 466 g/mol. The number of esters is 1. The van der Waals surface area contributed by atoms with E-state index in [1.165, 1.54) is 12.8 Å². The quantitative estimate of drug-likeness (QED) is 0.128. The van der Waals surface area contributed by atoms with E-state index in [-0.39, 0.29) is 18.0 Å². The lowest BCUT2D eigenvalue weighted by atomic mass is 9.82. The van der Waals surface area contributed by atoms with Gasteiger partial charge in [-0.3, -0.25) is 4.79 Å². The highest BCUT2D eigenvalue weighted by Gasteiger charge is 2.60. The van der Waals surface area contributed by atoms with E-state index in [4.69, 9.17) is 18.9 Å². The maximum Gasteiger partial charge on any atom is 0.312 e. The van der Waals surface area contributed by atoms with Crippen LogP contribution in [-0.2, 0) is 23.7 Å². The van der Waals surface area contributed by atoms with Gasteiger partial charge in [0, 0.05) is 0 Å². The summed E-state index contributed by atoms with van der Waals surface area (Å²) in [7, 11) is 0. The number of carbonyl (C=O) groups is 1. The largest absolute Gasteiger partial charge is 0.465 e. The predicted molar refractivity (Wildman–Crippen MR) is 133 cm³/mol. The molecule has 192 valence electrons. The standard InChI is InChI=1S/C28H50O5/c1-7-13-14-23(12-6)20-30-26(29)25-17-24-15-16-28(25,33-24)27(31-18-21(8-2)9-3)32-19-22(10-4)11-5/h15-16,21-25,27H,7-14,17-20H2,1-6H3. The summed E-state index contributed by atoms with van der Waals surface area (Å²) < 4.78 is 25.1. The van der Waals surface area contributed by atoms with Crippen LogP contribution in [0.5, 0.6) is 0 Å². The Labute approximate surface area is 203 Å². The first kappa shape index (κ1) is 28.3. The van der Waals surface area contributed by atoms with Gasteiger partial charge in [-0.05, 0) is 36.7 Å². The fourth-order valence-corrected chi connectivity index (χ4v) is 4.92. The number of ether oxygens (including phenoxy) is 4. The van der Waals surface area contributed by atoms with Crippen molar-refractivity contribution in [3.8, 4) is 0 Å². The van der Waals surface area contributed by atoms with Crippen molar-refractivity contribution in [1.82, 2.24) is 0 Å². The van der Waals surface area contributed by atoms with Crippen LogP contribution >= 0.6 is 0 Å². The molecule has 2 aliphatic rings. The van der Waals surface area contributed by atoms with Gasteiger partial charge in [0.05, 0.1) is 31.8 Å². The molecule has 0 aromatic rings. The van der Waals surface area contributed by atoms with Gasteiger partial charge in [-0.25, -0.2) is 0 Å². The number of unbranched alkanes of at least 4 members (excludes halogenated alkanes) is 1. The Morgan fingerprint density at radius 3 is 1.97 bits per heavy atom. The average molecular weight is 467 g/mol. The number of fused-ring (bicyclic) bond motifs is 2.